The lowest BCUT2D eigenvalue weighted by atomic mass is 10.1. The summed E-state index contributed by atoms with van der Waals surface area (Å²) in [7, 11) is -1.54. The minimum atomic E-state index is -4.63. The molecule has 172 valence electrons. The summed E-state index contributed by atoms with van der Waals surface area (Å²) < 4.78 is 80.3. The summed E-state index contributed by atoms with van der Waals surface area (Å²) in [5.74, 6) is -3.13. The Morgan fingerprint density at radius 2 is 1.88 bits per heavy atom. The molecule has 1 amide bonds. The van der Waals surface area contributed by atoms with Gasteiger partial charge in [-0.05, 0) is 38.0 Å². The number of rotatable bonds is 4. The number of anilines is 2. The van der Waals surface area contributed by atoms with Gasteiger partial charge in [0.15, 0.2) is 0 Å². The van der Waals surface area contributed by atoms with Crippen LogP contribution in [0, 0.1) is 18.6 Å². The van der Waals surface area contributed by atoms with E-state index in [1.807, 2.05) is 0 Å². The maximum Gasteiger partial charge on any atom is 0.416 e. The van der Waals surface area contributed by atoms with Gasteiger partial charge in [-0.3, -0.25) is 9.00 Å². The number of hydrogen-bond donors (Lipinski definition) is 0. The Kier molecular flexibility index (Phi) is 5.91. The molecular formula is C20H17ClF5N3O2S. The molecule has 2 aliphatic rings. The summed E-state index contributed by atoms with van der Waals surface area (Å²) in [5.41, 5.74) is -1.09. The molecule has 0 N–H and O–H groups in total. The normalized spacial score (nSPS) is 21.2. The van der Waals surface area contributed by atoms with E-state index in [9.17, 15) is 31.0 Å². The van der Waals surface area contributed by atoms with E-state index in [1.54, 1.807) is 0 Å². The first-order valence-electron chi connectivity index (χ1n) is 9.61. The van der Waals surface area contributed by atoms with Crippen LogP contribution in [0.25, 0.3) is 0 Å². The van der Waals surface area contributed by atoms with Gasteiger partial charge in [0.05, 0.1) is 27.9 Å². The standard InChI is InChI=1S/C20H17ClF5N3O2S/c1-10-4-11(20(24,25)26)5-18(27-10)28-9-32(31)8-17(28)19(30)29(12-2-3-12)16-6-13(21)14(22)7-15(16)23/h4-7,12,17H,2-3,8-9H2,1H3/t17-,32?/m0/s1. The maximum atomic E-state index is 14.5. The molecule has 1 aromatic carbocycles. The number of hydrogen-bond acceptors (Lipinski definition) is 4. The number of benzene rings is 1. The van der Waals surface area contributed by atoms with E-state index in [0.29, 0.717) is 18.9 Å². The van der Waals surface area contributed by atoms with Crippen molar-refractivity contribution >= 4 is 39.8 Å². The van der Waals surface area contributed by atoms with Crippen molar-refractivity contribution in [1.82, 2.24) is 4.98 Å². The van der Waals surface area contributed by atoms with Gasteiger partial charge < -0.3 is 9.80 Å². The van der Waals surface area contributed by atoms with Gasteiger partial charge in [0, 0.05) is 28.6 Å². The quantitative estimate of drug-likeness (QED) is 0.467. The molecule has 1 saturated carbocycles. The molecule has 2 fully saturated rings. The highest BCUT2D eigenvalue weighted by molar-refractivity contribution is 7.85. The van der Waals surface area contributed by atoms with Gasteiger partial charge in [0.25, 0.3) is 5.91 Å². The summed E-state index contributed by atoms with van der Waals surface area (Å²) in [6.07, 6.45) is -3.50. The average Bonchev–Trinajstić information content (AvgIpc) is 3.45. The van der Waals surface area contributed by atoms with Crippen molar-refractivity contribution in [2.75, 3.05) is 21.4 Å². The Balaban J connectivity index is 1.73. The minimum Gasteiger partial charge on any atom is -0.332 e. The van der Waals surface area contributed by atoms with Crippen molar-refractivity contribution in [1.29, 1.82) is 0 Å². The Bertz CT molecular complexity index is 1110. The molecule has 0 radical (unpaired) electrons. The van der Waals surface area contributed by atoms with E-state index < -0.39 is 46.1 Å². The number of carbonyl (C=O) groups is 1. The second kappa shape index (κ2) is 8.26. The Labute approximate surface area is 187 Å². The molecule has 1 aliphatic carbocycles. The van der Waals surface area contributed by atoms with Crippen molar-refractivity contribution in [2.45, 2.75) is 38.0 Å². The number of aryl methyl sites for hydroxylation is 1. The average molecular weight is 494 g/mol. The molecule has 1 aromatic heterocycles. The van der Waals surface area contributed by atoms with Crippen molar-refractivity contribution in [3.8, 4) is 0 Å². The Hall–Kier alpha value is -2.27. The van der Waals surface area contributed by atoms with Gasteiger partial charge >= 0.3 is 6.18 Å². The number of aromatic nitrogens is 1. The molecular weight excluding hydrogens is 477 g/mol. The van der Waals surface area contributed by atoms with Crippen molar-refractivity contribution in [3.63, 3.8) is 0 Å². The van der Waals surface area contributed by atoms with E-state index in [0.717, 1.165) is 23.1 Å². The van der Waals surface area contributed by atoms with E-state index >= 15 is 0 Å². The smallest absolute Gasteiger partial charge is 0.332 e. The number of alkyl halides is 3. The molecule has 2 atom stereocenters. The lowest BCUT2D eigenvalue weighted by molar-refractivity contribution is -0.137. The minimum absolute atomic E-state index is 0.0779. The van der Waals surface area contributed by atoms with Gasteiger partial charge in [-0.15, -0.1) is 0 Å². The van der Waals surface area contributed by atoms with E-state index in [1.165, 1.54) is 11.8 Å². The van der Waals surface area contributed by atoms with E-state index in [-0.39, 0.29) is 39.9 Å². The molecule has 0 spiro atoms. The van der Waals surface area contributed by atoms with Crippen LogP contribution >= 0.6 is 11.6 Å². The van der Waals surface area contributed by atoms with Gasteiger partial charge in [-0.2, -0.15) is 13.2 Å². The number of carbonyl (C=O) groups excluding carboxylic acids is 1. The molecule has 1 saturated heterocycles. The predicted octanol–water partition coefficient (Wildman–Crippen LogP) is 4.43. The number of amides is 1. The second-order valence-corrected chi connectivity index (χ2v) is 9.61. The molecule has 5 nitrogen and oxygen atoms in total. The lowest BCUT2D eigenvalue weighted by Gasteiger charge is -2.31. The first-order chi connectivity index (χ1) is 15.0. The second-order valence-electron chi connectivity index (χ2n) is 7.73. The number of nitrogens with zero attached hydrogens (tertiary/aromatic N) is 3. The fourth-order valence-electron chi connectivity index (χ4n) is 3.64. The van der Waals surface area contributed by atoms with E-state index in [2.05, 4.69) is 4.98 Å². The zero-order chi connectivity index (χ0) is 23.4. The fourth-order valence-corrected chi connectivity index (χ4v) is 5.20. The molecule has 2 aromatic rings. The highest BCUT2D eigenvalue weighted by atomic mass is 35.5. The van der Waals surface area contributed by atoms with Crippen LogP contribution in [-0.2, 0) is 21.8 Å². The van der Waals surface area contributed by atoms with Crippen LogP contribution in [0.15, 0.2) is 24.3 Å². The molecule has 4 rings (SSSR count). The molecule has 1 aliphatic heterocycles. The zero-order valence-electron chi connectivity index (χ0n) is 16.6. The fraction of sp³-hybridized carbons (Fsp3) is 0.400. The lowest BCUT2D eigenvalue weighted by Crippen LogP contribution is -2.49. The third-order valence-corrected chi connectivity index (χ3v) is 6.79. The monoisotopic (exact) mass is 493 g/mol. The SMILES string of the molecule is Cc1cc(C(F)(F)F)cc(N2CS(=O)C[C@H]2C(=O)N(c2cc(Cl)c(F)cc2F)C2CC2)n1. The van der Waals surface area contributed by atoms with Crippen LogP contribution in [0.5, 0.6) is 0 Å². The molecule has 1 unspecified atom stereocenters. The Morgan fingerprint density at radius 1 is 1.19 bits per heavy atom. The highest BCUT2D eigenvalue weighted by Gasteiger charge is 2.44. The van der Waals surface area contributed by atoms with Crippen LogP contribution in [0.4, 0.5) is 33.5 Å². The maximum absolute atomic E-state index is 14.5. The van der Waals surface area contributed by atoms with Crippen molar-refractivity contribution in [3.05, 3.63) is 52.2 Å². The summed E-state index contributed by atoms with van der Waals surface area (Å²) in [4.78, 5) is 20.0. The summed E-state index contributed by atoms with van der Waals surface area (Å²) in [6.45, 7) is 1.38. The number of halogens is 6. The summed E-state index contributed by atoms with van der Waals surface area (Å²) in [6, 6.07) is 1.75. The van der Waals surface area contributed by atoms with Crippen LogP contribution < -0.4 is 9.80 Å². The highest BCUT2D eigenvalue weighted by Crippen LogP contribution is 2.38. The third kappa shape index (κ3) is 4.45. The largest absolute Gasteiger partial charge is 0.416 e. The topological polar surface area (TPSA) is 53.5 Å². The van der Waals surface area contributed by atoms with Crippen LogP contribution in [0.2, 0.25) is 5.02 Å². The number of pyridine rings is 1. The molecule has 2 heterocycles. The van der Waals surface area contributed by atoms with Gasteiger partial charge in [-0.25, -0.2) is 13.8 Å². The van der Waals surface area contributed by atoms with E-state index in [4.69, 9.17) is 11.6 Å². The molecule has 0 bridgehead atoms. The van der Waals surface area contributed by atoms with Crippen LogP contribution in [0.1, 0.15) is 24.1 Å². The van der Waals surface area contributed by atoms with Crippen molar-refractivity contribution < 1.29 is 31.0 Å². The van der Waals surface area contributed by atoms with Gasteiger partial charge in [0.2, 0.25) is 0 Å². The zero-order valence-corrected chi connectivity index (χ0v) is 18.2. The summed E-state index contributed by atoms with van der Waals surface area (Å²) >= 11 is 5.79. The first-order valence-corrected chi connectivity index (χ1v) is 11.5. The van der Waals surface area contributed by atoms with Crippen molar-refractivity contribution in [2.24, 2.45) is 0 Å². The predicted molar refractivity (Wildman–Crippen MR) is 110 cm³/mol. The Morgan fingerprint density at radius 3 is 2.50 bits per heavy atom. The summed E-state index contributed by atoms with van der Waals surface area (Å²) in [5, 5.41) is -0.373. The third-order valence-electron chi connectivity index (χ3n) is 5.25. The van der Waals surface area contributed by atoms with Crippen LogP contribution in [0.3, 0.4) is 0 Å². The molecule has 32 heavy (non-hydrogen) atoms. The molecule has 12 heteroatoms. The van der Waals surface area contributed by atoms with Gasteiger partial charge in [0.1, 0.15) is 23.5 Å². The van der Waals surface area contributed by atoms with Crippen LogP contribution in [-0.4, -0.2) is 38.8 Å². The first kappa shape index (κ1) is 22.9. The van der Waals surface area contributed by atoms with Gasteiger partial charge in [-0.1, -0.05) is 11.6 Å².